The SMILES string of the molecule is CN(Cc1cccc([N+](=O)[O-])c1)C(=O)[C@H]1Cc2ccccc2C(=O)O1. The Balaban J connectivity index is 1.72. The first-order chi connectivity index (χ1) is 12.0. The zero-order chi connectivity index (χ0) is 18.0. The maximum Gasteiger partial charge on any atom is 0.339 e. The van der Waals surface area contributed by atoms with Gasteiger partial charge < -0.3 is 9.64 Å². The second-order valence-corrected chi connectivity index (χ2v) is 5.88. The second-order valence-electron chi connectivity index (χ2n) is 5.88. The fourth-order valence-corrected chi connectivity index (χ4v) is 2.84. The minimum atomic E-state index is -0.883. The molecule has 0 spiro atoms. The molecule has 1 atom stereocenters. The van der Waals surface area contributed by atoms with E-state index < -0.39 is 17.0 Å². The number of nitrogens with zero attached hydrogens (tertiary/aromatic N) is 2. The highest BCUT2D eigenvalue weighted by Gasteiger charge is 2.32. The molecule has 0 bridgehead atoms. The summed E-state index contributed by atoms with van der Waals surface area (Å²) in [6, 6.07) is 13.1. The third kappa shape index (κ3) is 3.50. The van der Waals surface area contributed by atoms with Crippen molar-refractivity contribution in [3.63, 3.8) is 0 Å². The van der Waals surface area contributed by atoms with Crippen molar-refractivity contribution in [1.82, 2.24) is 4.90 Å². The molecule has 0 saturated carbocycles. The molecule has 2 aromatic rings. The number of fused-ring (bicyclic) bond motifs is 1. The molecule has 128 valence electrons. The van der Waals surface area contributed by atoms with Crippen molar-refractivity contribution < 1.29 is 19.2 Å². The highest BCUT2D eigenvalue weighted by Crippen LogP contribution is 2.22. The Morgan fingerprint density at radius 2 is 2.04 bits per heavy atom. The van der Waals surface area contributed by atoms with Gasteiger partial charge in [0.25, 0.3) is 11.6 Å². The van der Waals surface area contributed by atoms with E-state index >= 15 is 0 Å². The van der Waals surface area contributed by atoms with Gasteiger partial charge in [0.05, 0.1) is 10.5 Å². The van der Waals surface area contributed by atoms with Crippen LogP contribution in [0.25, 0.3) is 0 Å². The summed E-state index contributed by atoms with van der Waals surface area (Å²) in [6.07, 6.45) is -0.564. The molecule has 7 heteroatoms. The summed E-state index contributed by atoms with van der Waals surface area (Å²) >= 11 is 0. The Morgan fingerprint density at radius 3 is 2.80 bits per heavy atom. The number of non-ortho nitro benzene ring substituents is 1. The Kier molecular flexibility index (Phi) is 4.47. The summed E-state index contributed by atoms with van der Waals surface area (Å²) in [5, 5.41) is 10.8. The van der Waals surface area contributed by atoms with Crippen molar-refractivity contribution in [3.8, 4) is 0 Å². The molecule has 0 saturated heterocycles. The van der Waals surface area contributed by atoms with Gasteiger partial charge in [0, 0.05) is 32.1 Å². The molecule has 1 heterocycles. The van der Waals surface area contributed by atoms with Crippen molar-refractivity contribution in [2.75, 3.05) is 7.05 Å². The van der Waals surface area contributed by atoms with Gasteiger partial charge >= 0.3 is 5.97 Å². The number of nitro groups is 1. The zero-order valence-corrected chi connectivity index (χ0v) is 13.5. The van der Waals surface area contributed by atoms with E-state index in [0.29, 0.717) is 17.5 Å². The molecule has 1 aliphatic heterocycles. The maximum absolute atomic E-state index is 12.6. The number of amides is 1. The number of nitro benzene ring substituents is 1. The maximum atomic E-state index is 12.6. The molecule has 0 radical (unpaired) electrons. The summed E-state index contributed by atoms with van der Waals surface area (Å²) in [5.74, 6) is -0.849. The molecular weight excluding hydrogens is 324 g/mol. The lowest BCUT2D eigenvalue weighted by Crippen LogP contribution is -2.42. The minimum Gasteiger partial charge on any atom is -0.448 e. The number of carbonyl (C=O) groups excluding carboxylic acids is 2. The molecule has 0 N–H and O–H groups in total. The van der Waals surface area contributed by atoms with Crippen LogP contribution in [0.1, 0.15) is 21.5 Å². The molecule has 7 nitrogen and oxygen atoms in total. The first-order valence-electron chi connectivity index (χ1n) is 7.73. The third-order valence-electron chi connectivity index (χ3n) is 4.08. The monoisotopic (exact) mass is 340 g/mol. The van der Waals surface area contributed by atoms with Gasteiger partial charge in [-0.1, -0.05) is 30.3 Å². The van der Waals surface area contributed by atoms with Crippen LogP contribution >= 0.6 is 0 Å². The number of ether oxygens (including phenoxy) is 1. The van der Waals surface area contributed by atoms with Gasteiger partial charge in [0.1, 0.15) is 0 Å². The van der Waals surface area contributed by atoms with Gasteiger partial charge in [-0.25, -0.2) is 4.79 Å². The molecule has 0 unspecified atom stereocenters. The van der Waals surface area contributed by atoms with E-state index in [-0.39, 0.29) is 18.1 Å². The molecule has 0 aromatic heterocycles. The van der Waals surface area contributed by atoms with E-state index in [2.05, 4.69) is 0 Å². The molecule has 0 aliphatic carbocycles. The zero-order valence-electron chi connectivity index (χ0n) is 13.5. The van der Waals surface area contributed by atoms with Gasteiger partial charge in [0.15, 0.2) is 6.10 Å². The highest BCUT2D eigenvalue weighted by atomic mass is 16.6. The Bertz CT molecular complexity index is 849. The van der Waals surface area contributed by atoms with E-state index in [1.165, 1.54) is 17.0 Å². The lowest BCUT2D eigenvalue weighted by molar-refractivity contribution is -0.384. The van der Waals surface area contributed by atoms with Crippen molar-refractivity contribution in [2.24, 2.45) is 0 Å². The van der Waals surface area contributed by atoms with Crippen molar-refractivity contribution in [3.05, 3.63) is 75.3 Å². The van der Waals surface area contributed by atoms with E-state index in [4.69, 9.17) is 4.74 Å². The van der Waals surface area contributed by atoms with Crippen LogP contribution in [-0.2, 0) is 22.5 Å². The molecule has 25 heavy (non-hydrogen) atoms. The first kappa shape index (κ1) is 16.6. The normalized spacial score (nSPS) is 15.9. The fourth-order valence-electron chi connectivity index (χ4n) is 2.84. The van der Waals surface area contributed by atoms with Gasteiger partial charge in [-0.05, 0) is 17.2 Å². The summed E-state index contributed by atoms with van der Waals surface area (Å²) in [6.45, 7) is 0.191. The summed E-state index contributed by atoms with van der Waals surface area (Å²) in [4.78, 5) is 36.4. The van der Waals surface area contributed by atoms with Gasteiger partial charge in [-0.3, -0.25) is 14.9 Å². The van der Waals surface area contributed by atoms with Crippen LogP contribution in [0.15, 0.2) is 48.5 Å². The molecular formula is C18H16N2O5. The Morgan fingerprint density at radius 1 is 1.28 bits per heavy atom. The number of hydrogen-bond donors (Lipinski definition) is 0. The van der Waals surface area contributed by atoms with Crippen LogP contribution in [0.4, 0.5) is 5.69 Å². The third-order valence-corrected chi connectivity index (χ3v) is 4.08. The number of carbonyl (C=O) groups is 2. The molecule has 3 rings (SSSR count). The Hall–Kier alpha value is -3.22. The standard InChI is InChI=1S/C18H16N2O5/c1-19(11-12-5-4-7-14(9-12)20(23)24)17(21)16-10-13-6-2-3-8-15(13)18(22)25-16/h2-9,16H,10-11H2,1H3/t16-/m1/s1. The number of esters is 1. The van der Waals surface area contributed by atoms with Crippen molar-refractivity contribution in [2.45, 2.75) is 19.1 Å². The van der Waals surface area contributed by atoms with Crippen molar-refractivity contribution in [1.29, 1.82) is 0 Å². The number of rotatable bonds is 4. The number of hydrogen-bond acceptors (Lipinski definition) is 5. The largest absolute Gasteiger partial charge is 0.448 e. The molecule has 0 fully saturated rings. The van der Waals surface area contributed by atoms with Gasteiger partial charge in [-0.15, -0.1) is 0 Å². The average molecular weight is 340 g/mol. The van der Waals surface area contributed by atoms with Crippen LogP contribution in [-0.4, -0.2) is 34.9 Å². The quantitative estimate of drug-likeness (QED) is 0.484. The fraction of sp³-hybridized carbons (Fsp3) is 0.222. The van der Waals surface area contributed by atoms with Crippen molar-refractivity contribution >= 4 is 17.6 Å². The van der Waals surface area contributed by atoms with Gasteiger partial charge in [-0.2, -0.15) is 0 Å². The van der Waals surface area contributed by atoms with E-state index in [1.54, 1.807) is 37.4 Å². The van der Waals surface area contributed by atoms with Crippen LogP contribution in [0.2, 0.25) is 0 Å². The topological polar surface area (TPSA) is 89.8 Å². The van der Waals surface area contributed by atoms with Crippen LogP contribution < -0.4 is 0 Å². The van der Waals surface area contributed by atoms with Crippen LogP contribution in [0.5, 0.6) is 0 Å². The lowest BCUT2D eigenvalue weighted by Gasteiger charge is -2.27. The molecule has 1 aliphatic rings. The summed E-state index contributed by atoms with van der Waals surface area (Å²) in [5.41, 5.74) is 1.86. The second kappa shape index (κ2) is 6.72. The van der Waals surface area contributed by atoms with E-state index in [9.17, 15) is 19.7 Å². The molecule has 2 aromatic carbocycles. The van der Waals surface area contributed by atoms with Gasteiger partial charge in [0.2, 0.25) is 0 Å². The van der Waals surface area contributed by atoms with E-state index in [1.807, 2.05) is 6.07 Å². The number of benzene rings is 2. The Labute approximate surface area is 144 Å². The number of likely N-dealkylation sites (N-methyl/N-ethyl adjacent to an activating group) is 1. The minimum absolute atomic E-state index is 0.0311. The summed E-state index contributed by atoms with van der Waals surface area (Å²) < 4.78 is 5.26. The van der Waals surface area contributed by atoms with E-state index in [0.717, 1.165) is 5.56 Å². The van der Waals surface area contributed by atoms with Crippen LogP contribution in [0, 0.1) is 10.1 Å². The van der Waals surface area contributed by atoms with Crippen LogP contribution in [0.3, 0.4) is 0 Å². The molecule has 1 amide bonds. The first-order valence-corrected chi connectivity index (χ1v) is 7.73. The summed E-state index contributed by atoms with van der Waals surface area (Å²) in [7, 11) is 1.58. The predicted molar refractivity (Wildman–Crippen MR) is 88.9 cm³/mol. The highest BCUT2D eigenvalue weighted by molar-refractivity contribution is 5.95. The predicted octanol–water partition coefficient (Wildman–Crippen LogP) is 2.33. The lowest BCUT2D eigenvalue weighted by atomic mass is 9.98. The smallest absolute Gasteiger partial charge is 0.339 e. The number of cyclic esters (lactones) is 1. The average Bonchev–Trinajstić information content (AvgIpc) is 2.61.